The van der Waals surface area contributed by atoms with E-state index in [-0.39, 0.29) is 11.5 Å². The molecule has 0 aromatic heterocycles. The van der Waals surface area contributed by atoms with Crippen LogP contribution in [0.25, 0.3) is 0 Å². The summed E-state index contributed by atoms with van der Waals surface area (Å²) in [5.74, 6) is -0.530. The molecule has 2 aliphatic rings. The van der Waals surface area contributed by atoms with Gasteiger partial charge in [0.05, 0.1) is 18.8 Å². The average Bonchev–Trinajstić information content (AvgIpc) is 2.60. The fourth-order valence-electron chi connectivity index (χ4n) is 2.74. The van der Waals surface area contributed by atoms with E-state index in [2.05, 4.69) is 13.8 Å². The monoisotopic (exact) mass is 258 g/mol. The standard InChI is InChI=1S/C14H26O4/c1-12(7-5-3-4-6-9-15)14-16-10-8-13(2,18-14)11-17-14/h12,15H,3-11H2,1-2H3. The van der Waals surface area contributed by atoms with Gasteiger partial charge in [-0.25, -0.2) is 0 Å². The molecule has 0 aromatic carbocycles. The molecule has 2 bridgehead atoms. The molecule has 18 heavy (non-hydrogen) atoms. The van der Waals surface area contributed by atoms with Crippen molar-refractivity contribution in [2.75, 3.05) is 19.8 Å². The Labute approximate surface area is 110 Å². The van der Waals surface area contributed by atoms with E-state index < -0.39 is 5.97 Å². The van der Waals surface area contributed by atoms with Crippen molar-refractivity contribution in [2.45, 2.75) is 63.9 Å². The molecule has 2 heterocycles. The number of hydrogen-bond donors (Lipinski definition) is 1. The normalized spacial score (nSPS) is 36.8. The quantitative estimate of drug-likeness (QED) is 0.713. The first-order chi connectivity index (χ1) is 8.60. The van der Waals surface area contributed by atoms with Gasteiger partial charge in [-0.05, 0) is 19.8 Å². The maximum Gasteiger partial charge on any atom is 0.286 e. The SMILES string of the molecule is CC(CCCCCCO)C12OCCC(C)(CO1)O2. The number of unbranched alkanes of at least 4 members (excludes halogenated alkanes) is 3. The summed E-state index contributed by atoms with van der Waals surface area (Å²) in [6.45, 7) is 5.91. The molecule has 3 unspecified atom stereocenters. The van der Waals surface area contributed by atoms with Crippen molar-refractivity contribution >= 4 is 0 Å². The summed E-state index contributed by atoms with van der Waals surface area (Å²) in [5, 5.41) is 8.73. The molecule has 2 saturated heterocycles. The summed E-state index contributed by atoms with van der Waals surface area (Å²) < 4.78 is 17.6. The summed E-state index contributed by atoms with van der Waals surface area (Å²) in [7, 11) is 0. The molecule has 2 fully saturated rings. The smallest absolute Gasteiger partial charge is 0.286 e. The fourth-order valence-corrected chi connectivity index (χ4v) is 2.74. The highest BCUT2D eigenvalue weighted by atomic mass is 16.9. The number of aliphatic hydroxyl groups is 1. The summed E-state index contributed by atoms with van der Waals surface area (Å²) in [4.78, 5) is 0. The van der Waals surface area contributed by atoms with Crippen LogP contribution in [0.2, 0.25) is 0 Å². The van der Waals surface area contributed by atoms with Crippen molar-refractivity contribution in [3.63, 3.8) is 0 Å². The molecular weight excluding hydrogens is 232 g/mol. The zero-order chi connectivity index (χ0) is 13.1. The Morgan fingerprint density at radius 3 is 2.72 bits per heavy atom. The molecule has 0 radical (unpaired) electrons. The van der Waals surface area contributed by atoms with E-state index in [0.717, 1.165) is 45.1 Å². The van der Waals surface area contributed by atoms with Gasteiger partial charge >= 0.3 is 0 Å². The molecule has 0 aromatic rings. The first-order valence-electron chi connectivity index (χ1n) is 7.19. The molecule has 4 nitrogen and oxygen atoms in total. The Bertz CT molecular complexity index is 271. The Hall–Kier alpha value is -0.160. The predicted octanol–water partition coefficient (Wildman–Crippen LogP) is 2.44. The van der Waals surface area contributed by atoms with Gasteiger partial charge in [0.15, 0.2) is 0 Å². The first-order valence-corrected chi connectivity index (χ1v) is 7.19. The van der Waals surface area contributed by atoms with Crippen molar-refractivity contribution in [1.82, 2.24) is 0 Å². The number of ether oxygens (including phenoxy) is 3. The topological polar surface area (TPSA) is 47.9 Å². The lowest BCUT2D eigenvalue weighted by atomic mass is 9.98. The number of fused-ring (bicyclic) bond motifs is 2. The molecule has 0 aliphatic carbocycles. The largest absolute Gasteiger partial charge is 0.396 e. The van der Waals surface area contributed by atoms with E-state index in [1.165, 1.54) is 0 Å². The van der Waals surface area contributed by atoms with E-state index in [1.807, 2.05) is 0 Å². The molecule has 0 spiro atoms. The molecule has 2 aliphatic heterocycles. The lowest BCUT2D eigenvalue weighted by Crippen LogP contribution is -2.47. The Balaban J connectivity index is 1.76. The van der Waals surface area contributed by atoms with Crippen LogP contribution in [0.5, 0.6) is 0 Å². The second-order valence-corrected chi connectivity index (χ2v) is 5.87. The summed E-state index contributed by atoms with van der Waals surface area (Å²) in [6, 6.07) is 0. The van der Waals surface area contributed by atoms with Gasteiger partial charge in [0.2, 0.25) is 0 Å². The van der Waals surface area contributed by atoms with Gasteiger partial charge in [0.25, 0.3) is 5.97 Å². The van der Waals surface area contributed by atoms with Gasteiger partial charge < -0.3 is 19.3 Å². The molecule has 0 amide bonds. The van der Waals surface area contributed by atoms with E-state index in [4.69, 9.17) is 19.3 Å². The van der Waals surface area contributed by atoms with Crippen LogP contribution in [0, 0.1) is 5.92 Å². The molecule has 2 rings (SSSR count). The van der Waals surface area contributed by atoms with Gasteiger partial charge in [-0.15, -0.1) is 0 Å². The van der Waals surface area contributed by atoms with Gasteiger partial charge in [-0.2, -0.15) is 0 Å². The molecule has 106 valence electrons. The van der Waals surface area contributed by atoms with Crippen molar-refractivity contribution in [1.29, 1.82) is 0 Å². The third-order valence-corrected chi connectivity index (χ3v) is 4.05. The van der Waals surface area contributed by atoms with Gasteiger partial charge in [-0.1, -0.05) is 26.2 Å². The molecule has 3 atom stereocenters. The van der Waals surface area contributed by atoms with Crippen LogP contribution in [0.3, 0.4) is 0 Å². The number of aliphatic hydroxyl groups excluding tert-OH is 1. The predicted molar refractivity (Wildman–Crippen MR) is 68.1 cm³/mol. The van der Waals surface area contributed by atoms with Gasteiger partial charge in [-0.3, -0.25) is 0 Å². The zero-order valence-electron chi connectivity index (χ0n) is 11.6. The van der Waals surface area contributed by atoms with E-state index in [0.29, 0.717) is 13.2 Å². The Morgan fingerprint density at radius 1 is 1.17 bits per heavy atom. The summed E-state index contributed by atoms with van der Waals surface area (Å²) in [5.41, 5.74) is -0.149. The second kappa shape index (κ2) is 5.87. The van der Waals surface area contributed by atoms with Gasteiger partial charge in [0.1, 0.15) is 0 Å². The Morgan fingerprint density at radius 2 is 1.94 bits per heavy atom. The molecule has 0 saturated carbocycles. The van der Waals surface area contributed by atoms with Crippen LogP contribution in [-0.4, -0.2) is 36.5 Å². The van der Waals surface area contributed by atoms with Crippen molar-refractivity contribution in [3.05, 3.63) is 0 Å². The van der Waals surface area contributed by atoms with E-state index in [9.17, 15) is 0 Å². The maximum absolute atomic E-state index is 8.73. The van der Waals surface area contributed by atoms with Crippen LogP contribution >= 0.6 is 0 Å². The molecule has 4 heteroatoms. The summed E-state index contributed by atoms with van der Waals surface area (Å²) >= 11 is 0. The molecule has 1 N–H and O–H groups in total. The minimum absolute atomic E-state index is 0.149. The second-order valence-electron chi connectivity index (χ2n) is 5.87. The third-order valence-electron chi connectivity index (χ3n) is 4.05. The van der Waals surface area contributed by atoms with E-state index >= 15 is 0 Å². The van der Waals surface area contributed by atoms with Crippen LogP contribution < -0.4 is 0 Å². The minimum atomic E-state index is -0.788. The van der Waals surface area contributed by atoms with Crippen LogP contribution in [0.4, 0.5) is 0 Å². The van der Waals surface area contributed by atoms with E-state index in [1.54, 1.807) is 0 Å². The fraction of sp³-hybridized carbons (Fsp3) is 1.00. The lowest BCUT2D eigenvalue weighted by Gasteiger charge is -2.39. The lowest BCUT2D eigenvalue weighted by molar-refractivity contribution is -0.389. The maximum atomic E-state index is 8.73. The summed E-state index contributed by atoms with van der Waals surface area (Å²) in [6.07, 6.45) is 6.24. The molecular formula is C14H26O4. The minimum Gasteiger partial charge on any atom is -0.396 e. The zero-order valence-corrected chi connectivity index (χ0v) is 11.6. The number of hydrogen-bond acceptors (Lipinski definition) is 4. The van der Waals surface area contributed by atoms with Crippen molar-refractivity contribution in [3.8, 4) is 0 Å². The highest BCUT2D eigenvalue weighted by molar-refractivity contribution is 4.89. The van der Waals surface area contributed by atoms with Gasteiger partial charge in [0, 0.05) is 18.9 Å². The van der Waals surface area contributed by atoms with Crippen LogP contribution in [-0.2, 0) is 14.2 Å². The van der Waals surface area contributed by atoms with Crippen LogP contribution in [0.15, 0.2) is 0 Å². The van der Waals surface area contributed by atoms with Crippen molar-refractivity contribution in [2.24, 2.45) is 5.92 Å². The Kier molecular flexibility index (Phi) is 4.64. The third kappa shape index (κ3) is 3.05. The van der Waals surface area contributed by atoms with Crippen LogP contribution in [0.1, 0.15) is 52.4 Å². The first kappa shape index (κ1) is 14.3. The average molecular weight is 258 g/mol. The van der Waals surface area contributed by atoms with Crippen molar-refractivity contribution < 1.29 is 19.3 Å². The highest BCUT2D eigenvalue weighted by Gasteiger charge is 2.55. The highest BCUT2D eigenvalue weighted by Crippen LogP contribution is 2.44. The number of rotatable bonds is 7.